The van der Waals surface area contributed by atoms with Gasteiger partial charge in [0.2, 0.25) is 0 Å². The lowest BCUT2D eigenvalue weighted by Gasteiger charge is -2.11. The molecule has 3 rings (SSSR count). The van der Waals surface area contributed by atoms with E-state index in [1.807, 2.05) is 25.1 Å². The first-order valence-electron chi connectivity index (χ1n) is 10.3. The molecule has 7 nitrogen and oxygen atoms in total. The molecular weight excluding hydrogens is 438 g/mol. The number of hydrogen-bond donors (Lipinski definition) is 3. The number of carbonyl (C=O) groups is 2. The number of nitrogens with one attached hydrogen (secondary N) is 3. The first kappa shape index (κ1) is 23.9. The van der Waals surface area contributed by atoms with Crippen molar-refractivity contribution in [3.63, 3.8) is 0 Å². The summed E-state index contributed by atoms with van der Waals surface area (Å²) in [6, 6.07) is 21.2. The van der Waals surface area contributed by atoms with Gasteiger partial charge in [-0.1, -0.05) is 18.2 Å². The quantitative estimate of drug-likeness (QED) is 0.339. The van der Waals surface area contributed by atoms with E-state index in [1.54, 1.807) is 61.7 Å². The zero-order chi connectivity index (χ0) is 23.6. The van der Waals surface area contributed by atoms with E-state index >= 15 is 0 Å². The number of benzene rings is 3. The number of carbonyl (C=O) groups excluding carboxylic acids is 2. The first-order valence-corrected chi connectivity index (χ1v) is 10.7. The maximum absolute atomic E-state index is 12.4. The van der Waals surface area contributed by atoms with E-state index < -0.39 is 0 Å². The van der Waals surface area contributed by atoms with Gasteiger partial charge in [-0.3, -0.25) is 14.9 Å². The van der Waals surface area contributed by atoms with Crippen LogP contribution in [0.1, 0.15) is 26.3 Å². The van der Waals surface area contributed by atoms with Gasteiger partial charge in [-0.15, -0.1) is 0 Å². The molecule has 0 aliphatic rings. The molecule has 0 radical (unpaired) electrons. The van der Waals surface area contributed by atoms with Crippen molar-refractivity contribution < 1.29 is 19.1 Å². The zero-order valence-corrected chi connectivity index (χ0v) is 19.2. The molecule has 0 saturated heterocycles. The molecule has 0 fully saturated rings. The Balaban J connectivity index is 1.50. The molecule has 170 valence electrons. The number of thiocarbonyl (C=S) groups is 1. The van der Waals surface area contributed by atoms with E-state index in [0.717, 1.165) is 5.56 Å². The lowest BCUT2D eigenvalue weighted by atomic mass is 10.1. The van der Waals surface area contributed by atoms with Gasteiger partial charge in [0.05, 0.1) is 6.61 Å². The van der Waals surface area contributed by atoms with Crippen LogP contribution in [-0.4, -0.2) is 37.3 Å². The minimum atomic E-state index is -0.335. The number of amides is 2. The van der Waals surface area contributed by atoms with Crippen LogP contribution in [-0.2, 0) is 4.74 Å². The Bertz CT molecular complexity index is 1120. The molecule has 0 saturated carbocycles. The average Bonchev–Trinajstić information content (AvgIpc) is 2.81. The van der Waals surface area contributed by atoms with Crippen LogP contribution in [0.25, 0.3) is 0 Å². The fraction of sp³-hybridized carbons (Fsp3) is 0.160. The zero-order valence-electron chi connectivity index (χ0n) is 18.4. The van der Waals surface area contributed by atoms with E-state index in [9.17, 15) is 9.59 Å². The second-order valence-corrected chi connectivity index (χ2v) is 7.53. The molecule has 8 heteroatoms. The molecule has 0 unspecified atom stereocenters. The third kappa shape index (κ3) is 7.13. The number of aryl methyl sites for hydroxylation is 1. The Morgan fingerprint density at radius 1 is 0.818 bits per heavy atom. The van der Waals surface area contributed by atoms with Crippen LogP contribution in [0.5, 0.6) is 5.75 Å². The molecular formula is C25H25N3O4S. The minimum absolute atomic E-state index is 0.164. The predicted octanol–water partition coefficient (Wildman–Crippen LogP) is 4.40. The van der Waals surface area contributed by atoms with Crippen LogP contribution in [0.2, 0.25) is 0 Å². The van der Waals surface area contributed by atoms with Crippen molar-refractivity contribution >= 4 is 40.5 Å². The largest absolute Gasteiger partial charge is 0.491 e. The maximum Gasteiger partial charge on any atom is 0.257 e. The van der Waals surface area contributed by atoms with E-state index in [4.69, 9.17) is 21.7 Å². The molecule has 33 heavy (non-hydrogen) atoms. The Hall–Kier alpha value is -3.75. The molecule has 3 N–H and O–H groups in total. The smallest absolute Gasteiger partial charge is 0.257 e. The normalized spacial score (nSPS) is 10.2. The predicted molar refractivity (Wildman–Crippen MR) is 133 cm³/mol. The van der Waals surface area contributed by atoms with E-state index in [2.05, 4.69) is 16.0 Å². The molecule has 0 spiro atoms. The van der Waals surface area contributed by atoms with Gasteiger partial charge in [-0.2, -0.15) is 0 Å². The van der Waals surface area contributed by atoms with Crippen LogP contribution >= 0.6 is 12.2 Å². The van der Waals surface area contributed by atoms with E-state index in [0.29, 0.717) is 41.5 Å². The third-order valence-electron chi connectivity index (χ3n) is 4.69. The summed E-state index contributed by atoms with van der Waals surface area (Å²) in [5.41, 5.74) is 3.31. The highest BCUT2D eigenvalue weighted by Crippen LogP contribution is 2.16. The Labute approximate surface area is 198 Å². The highest BCUT2D eigenvalue weighted by molar-refractivity contribution is 7.80. The third-order valence-corrected chi connectivity index (χ3v) is 4.89. The van der Waals surface area contributed by atoms with Gasteiger partial charge in [0.25, 0.3) is 11.8 Å². The highest BCUT2D eigenvalue weighted by Gasteiger charge is 2.10. The summed E-state index contributed by atoms with van der Waals surface area (Å²) in [6.45, 7) is 2.81. The van der Waals surface area contributed by atoms with Crippen LogP contribution in [0, 0.1) is 6.92 Å². The van der Waals surface area contributed by atoms with E-state index in [1.165, 1.54) is 0 Å². The van der Waals surface area contributed by atoms with Crippen LogP contribution in [0.4, 0.5) is 11.4 Å². The van der Waals surface area contributed by atoms with Crippen molar-refractivity contribution in [2.45, 2.75) is 6.92 Å². The van der Waals surface area contributed by atoms with Gasteiger partial charge in [-0.25, -0.2) is 0 Å². The Kier molecular flexibility index (Phi) is 8.51. The summed E-state index contributed by atoms with van der Waals surface area (Å²) in [7, 11) is 1.60. The van der Waals surface area contributed by atoms with Crippen molar-refractivity contribution in [2.24, 2.45) is 0 Å². The molecule has 0 aliphatic carbocycles. The van der Waals surface area contributed by atoms with E-state index in [-0.39, 0.29) is 16.9 Å². The fourth-order valence-corrected chi connectivity index (χ4v) is 3.16. The Morgan fingerprint density at radius 3 is 2.09 bits per heavy atom. The maximum atomic E-state index is 12.4. The van der Waals surface area contributed by atoms with Gasteiger partial charge in [0.15, 0.2) is 5.11 Å². The molecule has 2 amide bonds. The molecule has 0 aliphatic heterocycles. The topological polar surface area (TPSA) is 88.7 Å². The molecule has 3 aromatic carbocycles. The molecule has 0 bridgehead atoms. The molecule has 0 heterocycles. The lowest BCUT2D eigenvalue weighted by Crippen LogP contribution is -2.34. The fourth-order valence-electron chi connectivity index (χ4n) is 2.95. The summed E-state index contributed by atoms with van der Waals surface area (Å²) in [6.07, 6.45) is 0. The number of anilines is 2. The summed E-state index contributed by atoms with van der Waals surface area (Å²) in [5.74, 6) is 0.142. The second-order valence-electron chi connectivity index (χ2n) is 7.12. The standard InChI is InChI=1S/C25H25N3O4S/c1-17-5-3-4-6-22(17)24(30)26-19-9-11-20(12-10-19)27-25(33)28-23(29)18-7-13-21(14-8-18)32-16-15-31-2/h3-14H,15-16H2,1-2H3,(H,26,30)(H2,27,28,29,33). The second kappa shape index (κ2) is 11.8. The van der Waals surface area contributed by atoms with Crippen molar-refractivity contribution in [3.8, 4) is 5.75 Å². The first-order chi connectivity index (χ1) is 16.0. The SMILES string of the molecule is COCCOc1ccc(C(=O)NC(=S)Nc2ccc(NC(=O)c3ccccc3C)cc2)cc1. The molecule has 3 aromatic rings. The van der Waals surface area contributed by atoms with Crippen molar-refractivity contribution in [1.82, 2.24) is 5.32 Å². The van der Waals surface area contributed by atoms with Gasteiger partial charge in [-0.05, 0) is 79.3 Å². The summed E-state index contributed by atoms with van der Waals surface area (Å²) < 4.78 is 10.4. The number of rotatable bonds is 8. The van der Waals surface area contributed by atoms with Gasteiger partial charge < -0.3 is 20.1 Å². The van der Waals surface area contributed by atoms with Gasteiger partial charge in [0, 0.05) is 29.6 Å². The van der Waals surface area contributed by atoms with Crippen molar-refractivity contribution in [2.75, 3.05) is 31.0 Å². The minimum Gasteiger partial charge on any atom is -0.491 e. The Morgan fingerprint density at radius 2 is 1.45 bits per heavy atom. The summed E-state index contributed by atoms with van der Waals surface area (Å²) in [5, 5.41) is 8.63. The van der Waals surface area contributed by atoms with Crippen LogP contribution in [0.3, 0.4) is 0 Å². The highest BCUT2D eigenvalue weighted by atomic mass is 32.1. The molecule has 0 aromatic heterocycles. The van der Waals surface area contributed by atoms with Crippen LogP contribution in [0.15, 0.2) is 72.8 Å². The number of methoxy groups -OCH3 is 1. The van der Waals surface area contributed by atoms with Gasteiger partial charge >= 0.3 is 0 Å². The van der Waals surface area contributed by atoms with Crippen molar-refractivity contribution in [1.29, 1.82) is 0 Å². The summed E-state index contributed by atoms with van der Waals surface area (Å²) >= 11 is 5.24. The lowest BCUT2D eigenvalue weighted by molar-refractivity contribution is 0.0976. The van der Waals surface area contributed by atoms with Crippen LogP contribution < -0.4 is 20.7 Å². The number of ether oxygens (including phenoxy) is 2. The van der Waals surface area contributed by atoms with Crippen molar-refractivity contribution in [3.05, 3.63) is 89.5 Å². The average molecular weight is 464 g/mol. The number of hydrogen-bond acceptors (Lipinski definition) is 5. The van der Waals surface area contributed by atoms with Gasteiger partial charge in [0.1, 0.15) is 12.4 Å². The summed E-state index contributed by atoms with van der Waals surface area (Å²) in [4.78, 5) is 24.8. The molecule has 0 atom stereocenters. The monoisotopic (exact) mass is 463 g/mol.